The Morgan fingerprint density at radius 1 is 1.30 bits per heavy atom. The van der Waals surface area contributed by atoms with Gasteiger partial charge in [0.15, 0.2) is 5.82 Å². The Kier molecular flexibility index (Phi) is 3.49. The summed E-state index contributed by atoms with van der Waals surface area (Å²) in [5.41, 5.74) is 3.41. The second-order valence-electron chi connectivity index (χ2n) is 6.75. The Bertz CT molecular complexity index is 1250. The molecule has 0 unspecified atom stereocenters. The van der Waals surface area contributed by atoms with Gasteiger partial charge in [-0.05, 0) is 37.3 Å². The third-order valence-electron chi connectivity index (χ3n) is 5.06. The van der Waals surface area contributed by atoms with Crippen molar-refractivity contribution in [3.05, 3.63) is 58.2 Å². The first-order valence-corrected chi connectivity index (χ1v) is 9.34. The highest BCUT2D eigenvalue weighted by Crippen LogP contribution is 2.34. The van der Waals surface area contributed by atoms with Gasteiger partial charge < -0.3 is 4.90 Å². The Hall–Kier alpha value is -2.92. The van der Waals surface area contributed by atoms with Crippen LogP contribution in [0.3, 0.4) is 0 Å². The first kappa shape index (κ1) is 16.3. The maximum absolute atomic E-state index is 14.5. The number of nitriles is 1. The fourth-order valence-electron chi connectivity index (χ4n) is 3.87. The lowest BCUT2D eigenvalue weighted by atomic mass is 10.1. The van der Waals surface area contributed by atoms with Gasteiger partial charge in [-0.1, -0.05) is 15.9 Å². The van der Waals surface area contributed by atoms with Gasteiger partial charge in [0.25, 0.3) is 0 Å². The molecule has 1 atom stereocenters. The van der Waals surface area contributed by atoms with E-state index in [2.05, 4.69) is 49.7 Å². The Labute approximate surface area is 162 Å². The second-order valence-corrected chi connectivity index (χ2v) is 7.67. The number of anilines is 1. The average Bonchev–Trinajstić information content (AvgIpc) is 3.22. The van der Waals surface area contributed by atoms with Crippen LogP contribution in [0.4, 0.5) is 10.1 Å². The predicted molar refractivity (Wildman–Crippen MR) is 103 cm³/mol. The first-order chi connectivity index (χ1) is 13.1. The third kappa shape index (κ3) is 2.35. The molecule has 1 aliphatic rings. The number of aromatic nitrogens is 4. The maximum atomic E-state index is 14.5. The minimum absolute atomic E-state index is 0.126. The summed E-state index contributed by atoms with van der Waals surface area (Å²) < 4.78 is 18.9. The summed E-state index contributed by atoms with van der Waals surface area (Å²) in [6.45, 7) is 3.40. The fourth-order valence-corrected chi connectivity index (χ4v) is 4.22. The number of nitrogens with zero attached hydrogens (tertiary/aromatic N) is 6. The zero-order chi connectivity index (χ0) is 18.7. The lowest BCUT2D eigenvalue weighted by Gasteiger charge is -2.34. The molecular weight excluding hydrogens is 411 g/mol. The van der Waals surface area contributed by atoms with Gasteiger partial charge in [0.2, 0.25) is 0 Å². The van der Waals surface area contributed by atoms with Gasteiger partial charge in [-0.2, -0.15) is 15.5 Å². The van der Waals surface area contributed by atoms with E-state index in [4.69, 9.17) is 5.10 Å². The molecule has 0 radical (unpaired) electrons. The number of halogens is 2. The standard InChI is InChI=1S/C19H14BrFN6/c1-11-9-25(10-18-14-4-2-12(20)6-16(14)24-26(11)18)17-5-3-13(7-22)27-19(17)15(21)8-23-27/h2-6,8,11H,9-10H2,1H3/t11-/m1/s1. The molecule has 3 aromatic heterocycles. The van der Waals surface area contributed by atoms with Gasteiger partial charge in [-0.25, -0.2) is 8.91 Å². The predicted octanol–water partition coefficient (Wildman–Crippen LogP) is 4.04. The zero-order valence-corrected chi connectivity index (χ0v) is 16.0. The Balaban J connectivity index is 1.67. The van der Waals surface area contributed by atoms with Gasteiger partial charge in [-0.15, -0.1) is 0 Å². The molecule has 1 aliphatic heterocycles. The van der Waals surface area contributed by atoms with E-state index in [1.54, 1.807) is 12.1 Å². The second kappa shape index (κ2) is 5.79. The highest BCUT2D eigenvalue weighted by atomic mass is 79.9. The molecule has 0 fully saturated rings. The van der Waals surface area contributed by atoms with E-state index in [1.807, 2.05) is 12.1 Å². The average molecular weight is 425 g/mol. The molecule has 0 N–H and O–H groups in total. The quantitative estimate of drug-likeness (QED) is 0.462. The maximum Gasteiger partial charge on any atom is 0.171 e. The molecule has 8 heteroatoms. The van der Waals surface area contributed by atoms with Gasteiger partial charge >= 0.3 is 0 Å². The van der Waals surface area contributed by atoms with Crippen LogP contribution >= 0.6 is 15.9 Å². The number of fused-ring (bicyclic) bond motifs is 4. The number of rotatable bonds is 1. The van der Waals surface area contributed by atoms with Gasteiger partial charge in [0, 0.05) is 16.4 Å². The smallest absolute Gasteiger partial charge is 0.171 e. The van der Waals surface area contributed by atoms with Crippen LogP contribution in [0.2, 0.25) is 0 Å². The van der Waals surface area contributed by atoms with Crippen LogP contribution in [0.5, 0.6) is 0 Å². The molecule has 0 spiro atoms. The lowest BCUT2D eigenvalue weighted by Crippen LogP contribution is -2.36. The van der Waals surface area contributed by atoms with Crippen molar-refractivity contribution in [1.29, 1.82) is 5.26 Å². The molecule has 0 amide bonds. The minimum Gasteiger partial charge on any atom is -0.362 e. The van der Waals surface area contributed by atoms with Crippen LogP contribution in [0.25, 0.3) is 16.4 Å². The SMILES string of the molecule is C[C@@H]1CN(c2ccc(C#N)n3ncc(F)c23)Cc2c3ccc(Br)cc3nn21. The summed E-state index contributed by atoms with van der Waals surface area (Å²) in [6, 6.07) is 11.7. The van der Waals surface area contributed by atoms with Crippen molar-refractivity contribution in [2.24, 2.45) is 0 Å². The van der Waals surface area contributed by atoms with E-state index < -0.39 is 5.82 Å². The summed E-state index contributed by atoms with van der Waals surface area (Å²) in [4.78, 5) is 2.13. The minimum atomic E-state index is -0.428. The van der Waals surface area contributed by atoms with Crippen molar-refractivity contribution >= 4 is 38.0 Å². The van der Waals surface area contributed by atoms with Crippen LogP contribution in [-0.2, 0) is 6.54 Å². The van der Waals surface area contributed by atoms with Crippen molar-refractivity contribution in [3.63, 3.8) is 0 Å². The monoisotopic (exact) mass is 424 g/mol. The largest absolute Gasteiger partial charge is 0.362 e. The van der Waals surface area contributed by atoms with Crippen LogP contribution in [-0.4, -0.2) is 25.9 Å². The van der Waals surface area contributed by atoms with Crippen molar-refractivity contribution in [1.82, 2.24) is 19.4 Å². The zero-order valence-electron chi connectivity index (χ0n) is 14.4. The summed E-state index contributed by atoms with van der Waals surface area (Å²) in [7, 11) is 0. The van der Waals surface area contributed by atoms with Gasteiger partial charge in [0.05, 0.1) is 35.7 Å². The molecule has 0 saturated carbocycles. The topological polar surface area (TPSA) is 62.1 Å². The fraction of sp³-hybridized carbons (Fsp3) is 0.211. The van der Waals surface area contributed by atoms with E-state index in [0.29, 0.717) is 24.3 Å². The van der Waals surface area contributed by atoms with E-state index in [9.17, 15) is 9.65 Å². The molecule has 27 heavy (non-hydrogen) atoms. The molecular formula is C19H14BrFN6. The summed E-state index contributed by atoms with van der Waals surface area (Å²) in [5.74, 6) is -0.428. The summed E-state index contributed by atoms with van der Waals surface area (Å²) >= 11 is 3.50. The molecule has 5 rings (SSSR count). The van der Waals surface area contributed by atoms with E-state index >= 15 is 0 Å². The van der Waals surface area contributed by atoms with Crippen LogP contribution in [0, 0.1) is 17.1 Å². The van der Waals surface area contributed by atoms with Gasteiger partial charge in [0.1, 0.15) is 17.3 Å². The normalized spacial score (nSPS) is 16.7. The molecule has 4 heterocycles. The van der Waals surface area contributed by atoms with Gasteiger partial charge in [-0.3, -0.25) is 4.68 Å². The number of hydrogen-bond donors (Lipinski definition) is 0. The first-order valence-electron chi connectivity index (χ1n) is 8.55. The molecule has 0 aliphatic carbocycles. The molecule has 4 aromatic rings. The Morgan fingerprint density at radius 3 is 2.96 bits per heavy atom. The molecule has 0 saturated heterocycles. The summed E-state index contributed by atoms with van der Waals surface area (Å²) in [6.07, 6.45) is 1.16. The van der Waals surface area contributed by atoms with Crippen LogP contribution in [0.15, 0.2) is 41.0 Å². The van der Waals surface area contributed by atoms with Crippen molar-refractivity contribution in [2.75, 3.05) is 11.4 Å². The molecule has 134 valence electrons. The van der Waals surface area contributed by atoms with Crippen molar-refractivity contribution < 1.29 is 4.39 Å². The van der Waals surface area contributed by atoms with E-state index in [0.717, 1.165) is 33.0 Å². The highest BCUT2D eigenvalue weighted by molar-refractivity contribution is 9.10. The number of pyridine rings is 1. The van der Waals surface area contributed by atoms with E-state index in [1.165, 1.54) is 4.52 Å². The Morgan fingerprint density at radius 2 is 2.15 bits per heavy atom. The summed E-state index contributed by atoms with van der Waals surface area (Å²) in [5, 5.41) is 19.1. The van der Waals surface area contributed by atoms with Crippen molar-refractivity contribution in [2.45, 2.75) is 19.5 Å². The third-order valence-corrected chi connectivity index (χ3v) is 5.55. The highest BCUT2D eigenvalue weighted by Gasteiger charge is 2.28. The molecule has 0 bridgehead atoms. The van der Waals surface area contributed by atoms with Crippen LogP contribution < -0.4 is 4.90 Å². The molecule has 1 aromatic carbocycles. The molecule has 6 nitrogen and oxygen atoms in total. The number of benzene rings is 1. The van der Waals surface area contributed by atoms with Crippen molar-refractivity contribution in [3.8, 4) is 6.07 Å². The van der Waals surface area contributed by atoms with Crippen LogP contribution in [0.1, 0.15) is 24.4 Å². The number of hydrogen-bond acceptors (Lipinski definition) is 4. The lowest BCUT2D eigenvalue weighted by molar-refractivity contribution is 0.430. The van der Waals surface area contributed by atoms with E-state index in [-0.39, 0.29) is 6.04 Å².